The number of carbonyl (C=O) groups excluding carboxylic acids is 1. The first-order valence-electron chi connectivity index (χ1n) is 10.5. The van der Waals surface area contributed by atoms with Crippen LogP contribution in [0.2, 0.25) is 0 Å². The topological polar surface area (TPSA) is 67.2 Å². The number of hydrogen-bond acceptors (Lipinski definition) is 3. The molecular weight excluding hydrogens is 478 g/mol. The molecule has 0 aliphatic rings. The second-order valence-electron chi connectivity index (χ2n) is 8.25. The van der Waals surface area contributed by atoms with Crippen LogP contribution in [0.1, 0.15) is 43.8 Å². The van der Waals surface area contributed by atoms with Crippen molar-refractivity contribution in [1.82, 2.24) is 14.5 Å². The zero-order valence-corrected chi connectivity index (χ0v) is 19.1. The number of hydrogen-bond donors (Lipinski definition) is 1. The molecule has 0 aliphatic heterocycles. The van der Waals surface area contributed by atoms with Gasteiger partial charge in [-0.25, -0.2) is 9.78 Å². The summed E-state index contributed by atoms with van der Waals surface area (Å²) < 4.78 is 80.4. The number of alkyl halides is 6. The van der Waals surface area contributed by atoms with E-state index >= 15 is 0 Å². The molecule has 0 radical (unpaired) electrons. The highest BCUT2D eigenvalue weighted by Crippen LogP contribution is 2.37. The zero-order chi connectivity index (χ0) is 26.3. The summed E-state index contributed by atoms with van der Waals surface area (Å²) in [5.74, 6) is 0.192. The SMILES string of the molecule is CC(C)N(C(=O)Nc1cc(C(F)(F)F)cc(C(F)(F)F)c1)C(C)c1nc2ccccc2c(=O)n1C. The van der Waals surface area contributed by atoms with Crippen molar-refractivity contribution >= 4 is 22.6 Å². The van der Waals surface area contributed by atoms with E-state index in [1.807, 2.05) is 0 Å². The molecule has 35 heavy (non-hydrogen) atoms. The van der Waals surface area contributed by atoms with Crippen LogP contribution >= 0.6 is 0 Å². The van der Waals surface area contributed by atoms with Gasteiger partial charge in [0.05, 0.1) is 28.1 Å². The number of carbonyl (C=O) groups is 1. The van der Waals surface area contributed by atoms with Crippen molar-refractivity contribution in [3.8, 4) is 0 Å². The van der Waals surface area contributed by atoms with E-state index in [0.717, 1.165) is 0 Å². The summed E-state index contributed by atoms with van der Waals surface area (Å²) in [5.41, 5.74) is -3.75. The Hall–Kier alpha value is -3.57. The third kappa shape index (κ3) is 5.41. The molecule has 188 valence electrons. The Labute approximate surface area is 196 Å². The Balaban J connectivity index is 2.02. The third-order valence-electron chi connectivity index (χ3n) is 5.44. The molecule has 0 aliphatic carbocycles. The molecule has 1 N–H and O–H groups in total. The number of urea groups is 1. The molecule has 0 saturated carbocycles. The molecule has 1 heterocycles. The van der Waals surface area contributed by atoms with Gasteiger partial charge in [0.1, 0.15) is 5.82 Å². The largest absolute Gasteiger partial charge is 0.416 e. The monoisotopic (exact) mass is 500 g/mol. The fraction of sp³-hybridized carbons (Fsp3) is 0.348. The van der Waals surface area contributed by atoms with Gasteiger partial charge >= 0.3 is 18.4 Å². The van der Waals surface area contributed by atoms with Gasteiger partial charge < -0.3 is 10.2 Å². The number of aromatic nitrogens is 2. The van der Waals surface area contributed by atoms with Gasteiger partial charge in [-0.05, 0) is 51.1 Å². The number of halogens is 6. The van der Waals surface area contributed by atoms with Crippen molar-refractivity contribution in [2.75, 3.05) is 5.32 Å². The first-order chi connectivity index (χ1) is 16.1. The normalized spacial score (nSPS) is 13.2. The summed E-state index contributed by atoms with van der Waals surface area (Å²) in [5, 5.41) is 2.50. The lowest BCUT2D eigenvalue weighted by molar-refractivity contribution is -0.143. The molecule has 1 unspecified atom stereocenters. The zero-order valence-electron chi connectivity index (χ0n) is 19.1. The molecule has 2 amide bonds. The van der Waals surface area contributed by atoms with Gasteiger partial charge in [-0.3, -0.25) is 9.36 Å². The predicted molar refractivity (Wildman–Crippen MR) is 118 cm³/mol. The summed E-state index contributed by atoms with van der Waals surface area (Å²) in [7, 11) is 1.46. The molecule has 1 aromatic heterocycles. The molecule has 3 aromatic rings. The van der Waals surface area contributed by atoms with Crippen LogP contribution in [0, 0.1) is 0 Å². The maximum Gasteiger partial charge on any atom is 0.416 e. The van der Waals surface area contributed by atoms with Gasteiger partial charge in [-0.15, -0.1) is 0 Å². The Kier molecular flexibility index (Phi) is 6.87. The van der Waals surface area contributed by atoms with Crippen molar-refractivity contribution in [2.24, 2.45) is 7.05 Å². The second kappa shape index (κ2) is 9.23. The summed E-state index contributed by atoms with van der Waals surface area (Å²) in [6.07, 6.45) is -10.1. The number of nitrogens with zero attached hydrogens (tertiary/aromatic N) is 3. The highest BCUT2D eigenvalue weighted by atomic mass is 19.4. The van der Waals surface area contributed by atoms with E-state index in [1.54, 1.807) is 45.0 Å². The van der Waals surface area contributed by atoms with Crippen LogP contribution in [0.15, 0.2) is 47.3 Å². The van der Waals surface area contributed by atoms with Gasteiger partial charge in [-0.2, -0.15) is 26.3 Å². The molecular formula is C23H22F6N4O2. The smallest absolute Gasteiger partial charge is 0.312 e. The van der Waals surface area contributed by atoms with Gasteiger partial charge in [0, 0.05) is 18.8 Å². The fourth-order valence-corrected chi connectivity index (χ4v) is 3.81. The Morgan fingerprint density at radius 3 is 2.03 bits per heavy atom. The molecule has 1 atom stereocenters. The number of anilines is 1. The number of nitrogens with one attached hydrogen (secondary N) is 1. The van der Waals surface area contributed by atoms with Crippen LogP contribution < -0.4 is 10.9 Å². The molecule has 0 saturated heterocycles. The lowest BCUT2D eigenvalue weighted by atomic mass is 10.1. The number of para-hydroxylation sites is 1. The minimum atomic E-state index is -5.06. The maximum atomic E-state index is 13.2. The molecule has 3 rings (SSSR count). The van der Waals surface area contributed by atoms with Crippen molar-refractivity contribution in [2.45, 2.75) is 45.2 Å². The van der Waals surface area contributed by atoms with Crippen LogP contribution in [0.5, 0.6) is 0 Å². The molecule has 6 nitrogen and oxygen atoms in total. The summed E-state index contributed by atoms with van der Waals surface area (Å²) >= 11 is 0. The number of amides is 2. The molecule has 0 fully saturated rings. The lowest BCUT2D eigenvalue weighted by Crippen LogP contribution is -2.43. The molecule has 0 spiro atoms. The van der Waals surface area contributed by atoms with Gasteiger partial charge in [-0.1, -0.05) is 12.1 Å². The van der Waals surface area contributed by atoms with E-state index in [1.165, 1.54) is 16.5 Å². The molecule has 0 bridgehead atoms. The van der Waals surface area contributed by atoms with E-state index in [2.05, 4.69) is 10.3 Å². The highest BCUT2D eigenvalue weighted by Gasteiger charge is 2.37. The van der Waals surface area contributed by atoms with Crippen LogP contribution in [0.4, 0.5) is 36.8 Å². The number of rotatable bonds is 4. The van der Waals surface area contributed by atoms with Crippen LogP contribution in [-0.2, 0) is 19.4 Å². The third-order valence-corrected chi connectivity index (χ3v) is 5.44. The minimum Gasteiger partial charge on any atom is -0.312 e. The van der Waals surface area contributed by atoms with E-state index in [9.17, 15) is 35.9 Å². The van der Waals surface area contributed by atoms with Crippen LogP contribution in [-0.4, -0.2) is 26.5 Å². The highest BCUT2D eigenvalue weighted by molar-refractivity contribution is 5.90. The first-order valence-corrected chi connectivity index (χ1v) is 10.5. The van der Waals surface area contributed by atoms with Gasteiger partial charge in [0.25, 0.3) is 5.56 Å². The van der Waals surface area contributed by atoms with Crippen LogP contribution in [0.3, 0.4) is 0 Å². The average molecular weight is 500 g/mol. The van der Waals surface area contributed by atoms with E-state index in [4.69, 9.17) is 0 Å². The lowest BCUT2D eigenvalue weighted by Gasteiger charge is -2.33. The average Bonchev–Trinajstić information content (AvgIpc) is 2.74. The standard InChI is InChI=1S/C23H22F6N4O2/c1-12(2)33(13(3)19-31-18-8-6-5-7-17(18)20(34)32(19)4)21(35)30-16-10-14(22(24,25)26)9-15(11-16)23(27,28)29/h5-13H,1-4H3,(H,30,35). The second-order valence-corrected chi connectivity index (χ2v) is 8.25. The van der Waals surface area contributed by atoms with Gasteiger partial charge in [0.15, 0.2) is 0 Å². The Bertz CT molecular complexity index is 1280. The Morgan fingerprint density at radius 2 is 1.51 bits per heavy atom. The van der Waals surface area contributed by atoms with E-state index < -0.39 is 47.3 Å². The minimum absolute atomic E-state index is 0.0206. The van der Waals surface area contributed by atoms with Crippen molar-refractivity contribution in [3.05, 3.63) is 69.8 Å². The first kappa shape index (κ1) is 26.0. The van der Waals surface area contributed by atoms with Gasteiger partial charge in [0.2, 0.25) is 0 Å². The Morgan fingerprint density at radius 1 is 0.971 bits per heavy atom. The predicted octanol–water partition coefficient (Wildman–Crippen LogP) is 5.97. The summed E-state index contributed by atoms with van der Waals surface area (Å²) in [4.78, 5) is 31.5. The number of fused-ring (bicyclic) bond motifs is 1. The van der Waals surface area contributed by atoms with E-state index in [0.29, 0.717) is 23.0 Å². The fourth-order valence-electron chi connectivity index (χ4n) is 3.81. The molecule has 2 aromatic carbocycles. The summed E-state index contributed by atoms with van der Waals surface area (Å²) in [6, 6.07) is 5.04. The van der Waals surface area contributed by atoms with E-state index in [-0.39, 0.29) is 17.5 Å². The maximum absolute atomic E-state index is 13.2. The van der Waals surface area contributed by atoms with Crippen molar-refractivity contribution in [3.63, 3.8) is 0 Å². The van der Waals surface area contributed by atoms with Crippen LogP contribution in [0.25, 0.3) is 10.9 Å². The summed E-state index contributed by atoms with van der Waals surface area (Å²) in [6.45, 7) is 4.79. The number of benzene rings is 2. The quantitative estimate of drug-likeness (QED) is 0.449. The molecule has 12 heteroatoms. The van der Waals surface area contributed by atoms with Crippen molar-refractivity contribution < 1.29 is 31.1 Å². The van der Waals surface area contributed by atoms with Crippen molar-refractivity contribution in [1.29, 1.82) is 0 Å².